The molecule has 6 heteroatoms. The molecule has 0 radical (unpaired) electrons. The first-order valence-corrected chi connectivity index (χ1v) is 8.16. The molecule has 23 heavy (non-hydrogen) atoms. The highest BCUT2D eigenvalue weighted by Crippen LogP contribution is 2.12. The summed E-state index contributed by atoms with van der Waals surface area (Å²) in [6, 6.07) is 0. The summed E-state index contributed by atoms with van der Waals surface area (Å²) in [5, 5.41) is 0. The molecule has 0 aromatic rings. The molecule has 0 saturated carbocycles. The Morgan fingerprint density at radius 2 is 1.35 bits per heavy atom. The molecule has 2 aliphatic heterocycles. The molecule has 6 nitrogen and oxygen atoms in total. The molecule has 2 unspecified atom stereocenters. The topological polar surface area (TPSA) is 71.1 Å². The van der Waals surface area contributed by atoms with E-state index in [1.807, 2.05) is 12.2 Å². The van der Waals surface area contributed by atoms with Crippen LogP contribution in [0.25, 0.3) is 0 Å². The highest BCUT2D eigenvalue weighted by molar-refractivity contribution is 5.72. The van der Waals surface area contributed by atoms with Crippen molar-refractivity contribution in [3.05, 3.63) is 24.7 Å². The van der Waals surface area contributed by atoms with E-state index in [1.165, 1.54) is 0 Å². The van der Waals surface area contributed by atoms with E-state index in [9.17, 15) is 9.59 Å². The normalized spacial score (nSPS) is 22.8. The van der Waals surface area contributed by atoms with Crippen molar-refractivity contribution in [2.75, 3.05) is 13.2 Å². The minimum Gasteiger partial charge on any atom is -0.495 e. The lowest BCUT2D eigenvalue weighted by molar-refractivity contribution is -0.149. The lowest BCUT2D eigenvalue weighted by Gasteiger charge is -2.19. The average Bonchev–Trinajstić information content (AvgIpc) is 2.60. The smallest absolute Gasteiger partial charge is 0.305 e. The molecular weight excluding hydrogens is 300 g/mol. The molecular formula is C17H24O6. The summed E-state index contributed by atoms with van der Waals surface area (Å²) >= 11 is 0. The lowest BCUT2D eigenvalue weighted by Crippen LogP contribution is -2.22. The van der Waals surface area contributed by atoms with E-state index in [0.717, 1.165) is 25.7 Å². The largest absolute Gasteiger partial charge is 0.495 e. The Kier molecular flexibility index (Phi) is 7.49. The van der Waals surface area contributed by atoms with Gasteiger partial charge in [-0.1, -0.05) is 0 Å². The monoisotopic (exact) mass is 324 g/mol. The van der Waals surface area contributed by atoms with E-state index >= 15 is 0 Å². The predicted octanol–water partition coefficient (Wildman–Crippen LogP) is 2.63. The molecule has 0 spiro atoms. The van der Waals surface area contributed by atoms with Crippen molar-refractivity contribution in [1.82, 2.24) is 0 Å². The van der Waals surface area contributed by atoms with Gasteiger partial charge in [0.05, 0.1) is 12.5 Å². The van der Waals surface area contributed by atoms with Crippen molar-refractivity contribution in [2.24, 2.45) is 0 Å². The molecule has 2 aliphatic rings. The third kappa shape index (κ3) is 7.21. The maximum Gasteiger partial charge on any atom is 0.305 e. The number of allylic oxidation sites excluding steroid dienone is 2. The number of ether oxygens (including phenoxy) is 4. The van der Waals surface area contributed by atoms with Gasteiger partial charge in [-0.3, -0.25) is 9.59 Å². The standard InChI is InChI=1S/C17H24O6/c18-16(22-12-14-6-1-3-10-20-14)8-5-9-17(19)23-13-15-7-2-4-11-21-15/h3-4,10-11,14-15H,1-2,5-9,12-13H2. The van der Waals surface area contributed by atoms with Crippen LogP contribution in [0.4, 0.5) is 0 Å². The predicted molar refractivity (Wildman–Crippen MR) is 82.3 cm³/mol. The summed E-state index contributed by atoms with van der Waals surface area (Å²) in [6.07, 6.45) is 11.5. The zero-order valence-corrected chi connectivity index (χ0v) is 13.3. The number of esters is 2. The van der Waals surface area contributed by atoms with Crippen molar-refractivity contribution in [3.8, 4) is 0 Å². The van der Waals surface area contributed by atoms with Gasteiger partial charge in [0.2, 0.25) is 0 Å². The average molecular weight is 324 g/mol. The van der Waals surface area contributed by atoms with E-state index in [2.05, 4.69) is 0 Å². The van der Waals surface area contributed by atoms with Gasteiger partial charge in [0.1, 0.15) is 25.4 Å². The highest BCUT2D eigenvalue weighted by atomic mass is 16.6. The van der Waals surface area contributed by atoms with Gasteiger partial charge >= 0.3 is 11.9 Å². The Labute approximate surface area is 136 Å². The minimum absolute atomic E-state index is 0.0570. The van der Waals surface area contributed by atoms with Crippen molar-refractivity contribution in [2.45, 2.75) is 57.2 Å². The van der Waals surface area contributed by atoms with Crippen LogP contribution in [0.5, 0.6) is 0 Å². The molecule has 0 N–H and O–H groups in total. The summed E-state index contributed by atoms with van der Waals surface area (Å²) in [4.78, 5) is 23.2. The molecule has 2 atom stereocenters. The van der Waals surface area contributed by atoms with Crippen molar-refractivity contribution in [1.29, 1.82) is 0 Å². The van der Waals surface area contributed by atoms with Gasteiger partial charge in [-0.25, -0.2) is 0 Å². The van der Waals surface area contributed by atoms with Crippen LogP contribution < -0.4 is 0 Å². The van der Waals surface area contributed by atoms with E-state index < -0.39 is 0 Å². The third-order valence-electron chi connectivity index (χ3n) is 3.67. The summed E-state index contributed by atoms with van der Waals surface area (Å²) in [6.45, 7) is 0.528. The molecule has 0 bridgehead atoms. The molecule has 0 aromatic carbocycles. The van der Waals surface area contributed by atoms with Crippen LogP contribution in [0.3, 0.4) is 0 Å². The Morgan fingerprint density at radius 1 is 0.870 bits per heavy atom. The van der Waals surface area contributed by atoms with E-state index in [0.29, 0.717) is 6.42 Å². The molecule has 0 saturated heterocycles. The molecule has 0 aliphatic carbocycles. The molecule has 0 aromatic heterocycles. The Hall–Kier alpha value is -1.98. The van der Waals surface area contributed by atoms with Crippen LogP contribution in [0.1, 0.15) is 44.9 Å². The fourth-order valence-electron chi connectivity index (χ4n) is 2.31. The first-order valence-electron chi connectivity index (χ1n) is 8.16. The van der Waals surface area contributed by atoms with Gasteiger partial charge in [-0.2, -0.15) is 0 Å². The maximum atomic E-state index is 11.6. The number of hydrogen-bond donors (Lipinski definition) is 0. The Bertz CT molecular complexity index is 402. The first kappa shape index (κ1) is 17.4. The fraction of sp³-hybridized carbons (Fsp3) is 0.647. The molecule has 0 fully saturated rings. The van der Waals surface area contributed by atoms with Gasteiger partial charge in [0, 0.05) is 12.8 Å². The number of carbonyl (C=O) groups is 2. The molecule has 0 amide bonds. The van der Waals surface area contributed by atoms with Crippen molar-refractivity contribution >= 4 is 11.9 Å². The summed E-state index contributed by atoms with van der Waals surface area (Å²) in [5.74, 6) is -0.617. The highest BCUT2D eigenvalue weighted by Gasteiger charge is 2.16. The second-order valence-corrected chi connectivity index (χ2v) is 5.63. The SMILES string of the molecule is O=C(CCCC(=O)OCC1CCC=CO1)OCC1CCC=CO1. The van der Waals surface area contributed by atoms with E-state index in [1.54, 1.807) is 12.5 Å². The lowest BCUT2D eigenvalue weighted by atomic mass is 10.2. The minimum atomic E-state index is -0.309. The van der Waals surface area contributed by atoms with Crippen molar-refractivity contribution < 1.29 is 28.5 Å². The maximum absolute atomic E-state index is 11.6. The molecule has 2 rings (SSSR count). The summed E-state index contributed by atoms with van der Waals surface area (Å²) in [5.41, 5.74) is 0. The van der Waals surface area contributed by atoms with Gasteiger partial charge in [-0.15, -0.1) is 0 Å². The van der Waals surface area contributed by atoms with E-state index in [4.69, 9.17) is 18.9 Å². The zero-order chi connectivity index (χ0) is 16.3. The Balaban J connectivity index is 1.48. The van der Waals surface area contributed by atoms with Gasteiger partial charge in [-0.05, 0) is 44.3 Å². The number of rotatable bonds is 8. The summed E-state index contributed by atoms with van der Waals surface area (Å²) in [7, 11) is 0. The van der Waals surface area contributed by atoms with Crippen LogP contribution in [0.2, 0.25) is 0 Å². The fourth-order valence-corrected chi connectivity index (χ4v) is 2.31. The molecule has 2 heterocycles. The van der Waals surface area contributed by atoms with Crippen LogP contribution in [-0.4, -0.2) is 37.4 Å². The van der Waals surface area contributed by atoms with Crippen molar-refractivity contribution in [3.63, 3.8) is 0 Å². The van der Waals surface area contributed by atoms with Crippen LogP contribution in [0, 0.1) is 0 Å². The van der Waals surface area contributed by atoms with Crippen LogP contribution >= 0.6 is 0 Å². The van der Waals surface area contributed by atoms with Gasteiger partial charge < -0.3 is 18.9 Å². The number of hydrogen-bond acceptors (Lipinski definition) is 6. The van der Waals surface area contributed by atoms with E-state index in [-0.39, 0.29) is 50.2 Å². The number of carbonyl (C=O) groups excluding carboxylic acids is 2. The second-order valence-electron chi connectivity index (χ2n) is 5.63. The third-order valence-corrected chi connectivity index (χ3v) is 3.67. The summed E-state index contributed by atoms with van der Waals surface area (Å²) < 4.78 is 20.9. The second kappa shape index (κ2) is 9.92. The quantitative estimate of drug-likeness (QED) is 0.639. The Morgan fingerprint density at radius 3 is 1.74 bits per heavy atom. The zero-order valence-electron chi connectivity index (χ0n) is 13.3. The van der Waals surface area contributed by atoms with Crippen LogP contribution in [-0.2, 0) is 28.5 Å². The first-order chi connectivity index (χ1) is 11.2. The molecule has 128 valence electrons. The van der Waals surface area contributed by atoms with Crippen LogP contribution in [0.15, 0.2) is 24.7 Å². The van der Waals surface area contributed by atoms with Gasteiger partial charge in [0.15, 0.2) is 0 Å². The van der Waals surface area contributed by atoms with Gasteiger partial charge in [0.25, 0.3) is 0 Å².